The van der Waals surface area contributed by atoms with E-state index in [0.29, 0.717) is 19.5 Å². The van der Waals surface area contributed by atoms with Gasteiger partial charge in [-0.15, -0.1) is 0 Å². The van der Waals surface area contributed by atoms with E-state index in [1.807, 2.05) is 0 Å². The van der Waals surface area contributed by atoms with Crippen LogP contribution < -0.4 is 4.72 Å². The van der Waals surface area contributed by atoms with E-state index in [-0.39, 0.29) is 6.61 Å². The van der Waals surface area contributed by atoms with Gasteiger partial charge in [-0.25, -0.2) is 0 Å². The van der Waals surface area contributed by atoms with Gasteiger partial charge in [0.15, 0.2) is 0 Å². The number of aliphatic hydroxyl groups excluding tert-OH is 1. The molecular weight excluding hydrogens is 240 g/mol. The molecule has 0 atom stereocenters. The lowest BCUT2D eigenvalue weighted by molar-refractivity contribution is 0.243. The molecular formula is C11H24N2O3S. The number of nitrogens with one attached hydrogen (secondary N) is 1. The van der Waals surface area contributed by atoms with E-state index in [2.05, 4.69) is 4.72 Å². The zero-order valence-corrected chi connectivity index (χ0v) is 11.6. The number of aliphatic hydroxyl groups is 1. The molecule has 1 aliphatic rings. The fraction of sp³-hybridized carbons (Fsp3) is 1.00. The SMILES string of the molecule is CC(C)(CCO)NS(=O)(=O)N1CCCCCC1. The second-order valence-electron chi connectivity index (χ2n) is 5.28. The molecule has 0 saturated carbocycles. The maximum Gasteiger partial charge on any atom is 0.279 e. The van der Waals surface area contributed by atoms with Crippen LogP contribution >= 0.6 is 0 Å². The minimum absolute atomic E-state index is 0.0183. The van der Waals surface area contributed by atoms with E-state index >= 15 is 0 Å². The van der Waals surface area contributed by atoms with Gasteiger partial charge < -0.3 is 5.11 Å². The quantitative estimate of drug-likeness (QED) is 0.773. The molecule has 2 N–H and O–H groups in total. The molecule has 1 aliphatic heterocycles. The van der Waals surface area contributed by atoms with Crippen LogP contribution in [0.15, 0.2) is 0 Å². The summed E-state index contributed by atoms with van der Waals surface area (Å²) in [6.45, 7) is 4.77. The maximum atomic E-state index is 12.2. The second kappa shape index (κ2) is 6.13. The van der Waals surface area contributed by atoms with Gasteiger partial charge in [0.05, 0.1) is 0 Å². The van der Waals surface area contributed by atoms with E-state index in [4.69, 9.17) is 5.11 Å². The van der Waals surface area contributed by atoms with Crippen LogP contribution in [0, 0.1) is 0 Å². The molecule has 0 aromatic carbocycles. The Kier molecular flexibility index (Phi) is 5.37. The van der Waals surface area contributed by atoms with Crippen molar-refractivity contribution in [1.82, 2.24) is 9.03 Å². The van der Waals surface area contributed by atoms with Crippen LogP contribution in [-0.2, 0) is 10.2 Å². The van der Waals surface area contributed by atoms with Crippen molar-refractivity contribution in [1.29, 1.82) is 0 Å². The molecule has 1 heterocycles. The first-order chi connectivity index (χ1) is 7.87. The summed E-state index contributed by atoms with van der Waals surface area (Å²) in [5, 5.41) is 8.91. The largest absolute Gasteiger partial charge is 0.396 e. The lowest BCUT2D eigenvalue weighted by Gasteiger charge is -2.29. The van der Waals surface area contributed by atoms with Gasteiger partial charge in [-0.3, -0.25) is 0 Å². The topological polar surface area (TPSA) is 69.6 Å². The van der Waals surface area contributed by atoms with Crippen molar-refractivity contribution in [3.8, 4) is 0 Å². The zero-order chi connectivity index (χ0) is 12.9. The minimum atomic E-state index is -3.41. The van der Waals surface area contributed by atoms with Crippen molar-refractivity contribution < 1.29 is 13.5 Å². The summed E-state index contributed by atoms with van der Waals surface area (Å²) in [6.07, 6.45) is 4.49. The summed E-state index contributed by atoms with van der Waals surface area (Å²) in [6, 6.07) is 0. The summed E-state index contributed by atoms with van der Waals surface area (Å²) < 4.78 is 28.5. The molecule has 0 unspecified atom stereocenters. The van der Waals surface area contributed by atoms with E-state index in [9.17, 15) is 8.42 Å². The van der Waals surface area contributed by atoms with Gasteiger partial charge in [-0.1, -0.05) is 12.8 Å². The molecule has 1 fully saturated rings. The first kappa shape index (κ1) is 14.9. The van der Waals surface area contributed by atoms with Gasteiger partial charge in [-0.2, -0.15) is 17.4 Å². The Hall–Kier alpha value is -0.170. The highest BCUT2D eigenvalue weighted by Crippen LogP contribution is 2.16. The van der Waals surface area contributed by atoms with Gasteiger partial charge in [-0.05, 0) is 33.1 Å². The van der Waals surface area contributed by atoms with Crippen molar-refractivity contribution >= 4 is 10.2 Å². The number of hydrogen-bond donors (Lipinski definition) is 2. The van der Waals surface area contributed by atoms with Crippen LogP contribution in [0.4, 0.5) is 0 Å². The smallest absolute Gasteiger partial charge is 0.279 e. The molecule has 0 aliphatic carbocycles. The van der Waals surface area contributed by atoms with Gasteiger partial charge in [0.2, 0.25) is 0 Å². The molecule has 102 valence electrons. The summed E-state index contributed by atoms with van der Waals surface area (Å²) in [5.74, 6) is 0. The van der Waals surface area contributed by atoms with Gasteiger partial charge >= 0.3 is 0 Å². The predicted molar refractivity (Wildman–Crippen MR) is 67.9 cm³/mol. The molecule has 17 heavy (non-hydrogen) atoms. The van der Waals surface area contributed by atoms with Crippen LogP contribution in [0.25, 0.3) is 0 Å². The van der Waals surface area contributed by atoms with Crippen molar-refractivity contribution in [2.24, 2.45) is 0 Å². The first-order valence-corrected chi connectivity index (χ1v) is 7.71. The Morgan fingerprint density at radius 1 is 1.18 bits per heavy atom. The fourth-order valence-electron chi connectivity index (χ4n) is 2.03. The molecule has 0 spiro atoms. The number of rotatable bonds is 5. The molecule has 0 aromatic heterocycles. The highest BCUT2D eigenvalue weighted by atomic mass is 32.2. The standard InChI is InChI=1S/C11H24N2O3S/c1-11(2,7-10-14)12-17(15,16)13-8-5-3-4-6-9-13/h12,14H,3-10H2,1-2H3. The Morgan fingerprint density at radius 3 is 2.18 bits per heavy atom. The Balaban J connectivity index is 2.66. The average Bonchev–Trinajstić information content (AvgIpc) is 2.43. The van der Waals surface area contributed by atoms with Crippen LogP contribution in [0.1, 0.15) is 46.0 Å². The third-order valence-electron chi connectivity index (χ3n) is 3.05. The van der Waals surface area contributed by atoms with Crippen LogP contribution in [-0.4, -0.2) is 43.1 Å². The Labute approximate surface area is 104 Å². The normalized spacial score (nSPS) is 20.2. The second-order valence-corrected chi connectivity index (χ2v) is 6.95. The summed E-state index contributed by atoms with van der Waals surface area (Å²) in [7, 11) is -3.41. The lowest BCUT2D eigenvalue weighted by Crippen LogP contribution is -2.51. The van der Waals surface area contributed by atoms with Gasteiger partial charge in [0.1, 0.15) is 0 Å². The van der Waals surface area contributed by atoms with Crippen molar-refractivity contribution in [3.05, 3.63) is 0 Å². The van der Waals surface area contributed by atoms with Crippen molar-refractivity contribution in [2.45, 2.75) is 51.5 Å². The monoisotopic (exact) mass is 264 g/mol. The maximum absolute atomic E-state index is 12.2. The number of nitrogens with zero attached hydrogens (tertiary/aromatic N) is 1. The van der Waals surface area contributed by atoms with E-state index in [1.165, 1.54) is 4.31 Å². The molecule has 0 radical (unpaired) electrons. The van der Waals surface area contributed by atoms with Gasteiger partial charge in [0, 0.05) is 25.2 Å². The molecule has 1 saturated heterocycles. The third kappa shape index (κ3) is 4.91. The molecule has 5 nitrogen and oxygen atoms in total. The fourth-order valence-corrected chi connectivity index (χ4v) is 3.69. The van der Waals surface area contributed by atoms with E-state index < -0.39 is 15.7 Å². The minimum Gasteiger partial charge on any atom is -0.396 e. The zero-order valence-electron chi connectivity index (χ0n) is 10.8. The van der Waals surface area contributed by atoms with Gasteiger partial charge in [0.25, 0.3) is 10.2 Å². The molecule has 0 bridgehead atoms. The third-order valence-corrected chi connectivity index (χ3v) is 4.90. The van der Waals surface area contributed by atoms with Crippen LogP contribution in [0.3, 0.4) is 0 Å². The summed E-state index contributed by atoms with van der Waals surface area (Å²) >= 11 is 0. The van der Waals surface area contributed by atoms with E-state index in [1.54, 1.807) is 13.8 Å². The van der Waals surface area contributed by atoms with Crippen molar-refractivity contribution in [3.63, 3.8) is 0 Å². The van der Waals surface area contributed by atoms with Crippen LogP contribution in [0.5, 0.6) is 0 Å². The Morgan fingerprint density at radius 2 is 1.71 bits per heavy atom. The summed E-state index contributed by atoms with van der Waals surface area (Å²) in [4.78, 5) is 0. The summed E-state index contributed by atoms with van der Waals surface area (Å²) in [5.41, 5.74) is -0.597. The average molecular weight is 264 g/mol. The molecule has 0 amide bonds. The highest BCUT2D eigenvalue weighted by Gasteiger charge is 2.29. The predicted octanol–water partition coefficient (Wildman–Crippen LogP) is 0.858. The number of hydrogen-bond acceptors (Lipinski definition) is 3. The Bertz CT molecular complexity index is 320. The molecule has 6 heteroatoms. The molecule has 0 aromatic rings. The highest BCUT2D eigenvalue weighted by molar-refractivity contribution is 7.87. The first-order valence-electron chi connectivity index (χ1n) is 6.27. The molecule has 1 rings (SSSR count). The van der Waals surface area contributed by atoms with Crippen LogP contribution in [0.2, 0.25) is 0 Å². The lowest BCUT2D eigenvalue weighted by atomic mass is 10.0. The van der Waals surface area contributed by atoms with E-state index in [0.717, 1.165) is 25.7 Å². The van der Waals surface area contributed by atoms with Crippen molar-refractivity contribution in [2.75, 3.05) is 19.7 Å².